The van der Waals surface area contributed by atoms with Crippen molar-refractivity contribution in [2.24, 2.45) is 0 Å². The van der Waals surface area contributed by atoms with Crippen LogP contribution in [0.4, 0.5) is 0 Å². The van der Waals surface area contributed by atoms with Crippen LogP contribution < -0.4 is 5.32 Å². The van der Waals surface area contributed by atoms with Crippen molar-refractivity contribution in [3.05, 3.63) is 27.6 Å². The van der Waals surface area contributed by atoms with Crippen LogP contribution in [0.1, 0.15) is 35.0 Å². The van der Waals surface area contributed by atoms with Gasteiger partial charge < -0.3 is 5.32 Å². The zero-order chi connectivity index (χ0) is 11.8. The van der Waals surface area contributed by atoms with Crippen LogP contribution in [0.15, 0.2) is 11.4 Å². The molecule has 1 aliphatic carbocycles. The molecule has 0 saturated heterocycles. The van der Waals surface area contributed by atoms with E-state index in [1.165, 1.54) is 45.3 Å². The summed E-state index contributed by atoms with van der Waals surface area (Å²) >= 11 is 3.69. The number of fused-ring (bicyclic) bond motifs is 1. The fourth-order valence-corrected chi connectivity index (χ4v) is 4.64. The predicted octanol–water partition coefficient (Wildman–Crippen LogP) is 3.78. The van der Waals surface area contributed by atoms with Gasteiger partial charge in [0.15, 0.2) is 0 Å². The van der Waals surface area contributed by atoms with Gasteiger partial charge in [-0.25, -0.2) is 4.98 Å². The van der Waals surface area contributed by atoms with Gasteiger partial charge in [-0.2, -0.15) is 0 Å². The number of thiophene rings is 1. The predicted molar refractivity (Wildman–Crippen MR) is 74.9 cm³/mol. The summed E-state index contributed by atoms with van der Waals surface area (Å²) < 4.78 is 0. The summed E-state index contributed by atoms with van der Waals surface area (Å²) in [6.07, 6.45) is 3.70. The second-order valence-electron chi connectivity index (χ2n) is 4.49. The average molecular weight is 264 g/mol. The number of hydrogen-bond acceptors (Lipinski definition) is 4. The van der Waals surface area contributed by atoms with Crippen molar-refractivity contribution in [1.29, 1.82) is 0 Å². The standard InChI is InChI=1S/C13H16N2S2/c1-8-6-7-16-12(8)13-15-11-9(14-2)4-3-5-10(11)17-13/h6-7,9,14H,3-5H2,1-2H3. The van der Waals surface area contributed by atoms with E-state index in [0.29, 0.717) is 6.04 Å². The van der Waals surface area contributed by atoms with Crippen molar-refractivity contribution in [1.82, 2.24) is 10.3 Å². The molecule has 0 fully saturated rings. The molecule has 1 N–H and O–H groups in total. The Kier molecular flexibility index (Phi) is 3.03. The second-order valence-corrected chi connectivity index (χ2v) is 6.49. The second kappa shape index (κ2) is 4.52. The maximum Gasteiger partial charge on any atom is 0.134 e. The molecule has 0 amide bonds. The van der Waals surface area contributed by atoms with E-state index in [1.807, 2.05) is 18.4 Å². The quantitative estimate of drug-likeness (QED) is 0.893. The van der Waals surface area contributed by atoms with E-state index >= 15 is 0 Å². The topological polar surface area (TPSA) is 24.9 Å². The van der Waals surface area contributed by atoms with Crippen LogP contribution in [0.3, 0.4) is 0 Å². The van der Waals surface area contributed by atoms with E-state index < -0.39 is 0 Å². The summed E-state index contributed by atoms with van der Waals surface area (Å²) in [6.45, 7) is 2.17. The number of nitrogens with one attached hydrogen (secondary N) is 1. The Labute approximate surface area is 110 Å². The van der Waals surface area contributed by atoms with Crippen LogP contribution >= 0.6 is 22.7 Å². The lowest BCUT2D eigenvalue weighted by Gasteiger charge is -2.19. The largest absolute Gasteiger partial charge is 0.312 e. The molecule has 0 aliphatic heterocycles. The Morgan fingerprint density at radius 3 is 3.06 bits per heavy atom. The average Bonchev–Trinajstić information content (AvgIpc) is 2.93. The highest BCUT2D eigenvalue weighted by Gasteiger charge is 2.24. The van der Waals surface area contributed by atoms with Crippen LogP contribution in [-0.4, -0.2) is 12.0 Å². The van der Waals surface area contributed by atoms with Gasteiger partial charge in [0.2, 0.25) is 0 Å². The number of aryl methyl sites for hydroxylation is 2. The highest BCUT2D eigenvalue weighted by molar-refractivity contribution is 7.21. The van der Waals surface area contributed by atoms with Gasteiger partial charge in [-0.05, 0) is 50.2 Å². The molecule has 0 radical (unpaired) electrons. The van der Waals surface area contributed by atoms with Crippen LogP contribution in [0.5, 0.6) is 0 Å². The zero-order valence-corrected chi connectivity index (χ0v) is 11.8. The third-order valence-electron chi connectivity index (χ3n) is 3.36. The fourth-order valence-electron chi connectivity index (χ4n) is 2.39. The smallest absolute Gasteiger partial charge is 0.134 e. The first-order valence-electron chi connectivity index (χ1n) is 6.01. The molecule has 2 aromatic rings. The fraction of sp³-hybridized carbons (Fsp3) is 0.462. The molecule has 0 spiro atoms. The first-order valence-corrected chi connectivity index (χ1v) is 7.70. The molecule has 2 heterocycles. The molecule has 2 nitrogen and oxygen atoms in total. The zero-order valence-electron chi connectivity index (χ0n) is 10.1. The summed E-state index contributed by atoms with van der Waals surface area (Å²) in [5.74, 6) is 0. The Morgan fingerprint density at radius 2 is 2.35 bits per heavy atom. The van der Waals surface area contributed by atoms with Gasteiger partial charge in [-0.1, -0.05) is 0 Å². The van der Waals surface area contributed by atoms with Gasteiger partial charge in [0.25, 0.3) is 0 Å². The third kappa shape index (κ3) is 1.94. The lowest BCUT2D eigenvalue weighted by atomic mass is 9.98. The van der Waals surface area contributed by atoms with E-state index in [2.05, 4.69) is 23.7 Å². The Balaban J connectivity index is 2.04. The van der Waals surface area contributed by atoms with E-state index in [4.69, 9.17) is 4.98 Å². The minimum atomic E-state index is 0.462. The van der Waals surface area contributed by atoms with E-state index in [1.54, 1.807) is 11.3 Å². The molecule has 1 aliphatic rings. The molecule has 1 atom stereocenters. The van der Waals surface area contributed by atoms with Gasteiger partial charge >= 0.3 is 0 Å². The van der Waals surface area contributed by atoms with Gasteiger partial charge in [-0.15, -0.1) is 22.7 Å². The summed E-state index contributed by atoms with van der Waals surface area (Å²) in [7, 11) is 2.04. The van der Waals surface area contributed by atoms with Crippen LogP contribution in [0.2, 0.25) is 0 Å². The van der Waals surface area contributed by atoms with Gasteiger partial charge in [0, 0.05) is 4.88 Å². The number of rotatable bonds is 2. The van der Waals surface area contributed by atoms with Crippen LogP contribution in [-0.2, 0) is 6.42 Å². The number of thiazole rings is 1. The minimum absolute atomic E-state index is 0.462. The van der Waals surface area contributed by atoms with E-state index in [0.717, 1.165) is 0 Å². The van der Waals surface area contributed by atoms with Crippen molar-refractivity contribution < 1.29 is 0 Å². The first kappa shape index (κ1) is 11.4. The summed E-state index contributed by atoms with van der Waals surface area (Å²) in [5, 5.41) is 6.75. The van der Waals surface area contributed by atoms with Crippen LogP contribution in [0.25, 0.3) is 9.88 Å². The molecule has 1 unspecified atom stereocenters. The molecule has 0 saturated carbocycles. The molecule has 2 aromatic heterocycles. The highest BCUT2D eigenvalue weighted by Crippen LogP contribution is 2.39. The molecular formula is C13H16N2S2. The number of nitrogens with zero attached hydrogens (tertiary/aromatic N) is 1. The minimum Gasteiger partial charge on any atom is -0.312 e. The molecule has 0 bridgehead atoms. The Hall–Kier alpha value is -0.710. The lowest BCUT2D eigenvalue weighted by molar-refractivity contribution is 0.490. The number of aromatic nitrogens is 1. The highest BCUT2D eigenvalue weighted by atomic mass is 32.1. The van der Waals surface area contributed by atoms with Crippen molar-refractivity contribution in [3.8, 4) is 9.88 Å². The number of hydrogen-bond donors (Lipinski definition) is 1. The van der Waals surface area contributed by atoms with Crippen molar-refractivity contribution in [2.75, 3.05) is 7.05 Å². The first-order chi connectivity index (χ1) is 8.29. The van der Waals surface area contributed by atoms with Gasteiger partial charge in [0.05, 0.1) is 16.6 Å². The van der Waals surface area contributed by atoms with Gasteiger partial charge in [0.1, 0.15) is 5.01 Å². The summed E-state index contributed by atoms with van der Waals surface area (Å²) in [6, 6.07) is 2.64. The lowest BCUT2D eigenvalue weighted by Crippen LogP contribution is -2.21. The van der Waals surface area contributed by atoms with E-state index in [9.17, 15) is 0 Å². The van der Waals surface area contributed by atoms with Crippen LogP contribution in [0, 0.1) is 6.92 Å². The monoisotopic (exact) mass is 264 g/mol. The molecule has 0 aromatic carbocycles. The maximum absolute atomic E-state index is 4.87. The molecule has 3 rings (SSSR count). The Bertz CT molecular complexity index is 527. The van der Waals surface area contributed by atoms with Crippen molar-refractivity contribution in [3.63, 3.8) is 0 Å². The molecule has 90 valence electrons. The molecular weight excluding hydrogens is 248 g/mol. The third-order valence-corrected chi connectivity index (χ3v) is 5.66. The van der Waals surface area contributed by atoms with Crippen molar-refractivity contribution >= 4 is 22.7 Å². The Morgan fingerprint density at radius 1 is 1.47 bits per heavy atom. The molecule has 17 heavy (non-hydrogen) atoms. The van der Waals surface area contributed by atoms with E-state index in [-0.39, 0.29) is 0 Å². The summed E-state index contributed by atoms with van der Waals surface area (Å²) in [4.78, 5) is 7.70. The SMILES string of the molecule is CNC1CCCc2sc(-c3sccc3C)nc21. The maximum atomic E-state index is 4.87. The normalized spacial score (nSPS) is 19.3. The van der Waals surface area contributed by atoms with Crippen molar-refractivity contribution in [2.45, 2.75) is 32.2 Å². The van der Waals surface area contributed by atoms with Gasteiger partial charge in [-0.3, -0.25) is 0 Å². The summed E-state index contributed by atoms with van der Waals surface area (Å²) in [5.41, 5.74) is 2.65. The molecule has 4 heteroatoms.